The SMILES string of the molecule is CCn1c(=O)c2cn[nH]c2c2ccc(-c3ccccc3CN[SH](=O)=O)cc21. The van der Waals surface area contributed by atoms with E-state index >= 15 is 0 Å². The number of aromatic amines is 1. The quantitative estimate of drug-likeness (QED) is 0.461. The lowest BCUT2D eigenvalue weighted by Gasteiger charge is -2.13. The molecular formula is C19H18N4O3S. The minimum absolute atomic E-state index is 0.0794. The van der Waals surface area contributed by atoms with Crippen molar-refractivity contribution in [3.05, 3.63) is 64.6 Å². The van der Waals surface area contributed by atoms with E-state index in [1.807, 2.05) is 49.4 Å². The molecule has 0 radical (unpaired) electrons. The van der Waals surface area contributed by atoms with Crippen molar-refractivity contribution in [2.24, 2.45) is 0 Å². The van der Waals surface area contributed by atoms with Crippen LogP contribution in [0.1, 0.15) is 12.5 Å². The Morgan fingerprint density at radius 2 is 1.96 bits per heavy atom. The van der Waals surface area contributed by atoms with Crippen molar-refractivity contribution >= 4 is 32.7 Å². The number of aryl methyl sites for hydroxylation is 1. The Balaban J connectivity index is 1.95. The van der Waals surface area contributed by atoms with Crippen molar-refractivity contribution in [2.45, 2.75) is 20.0 Å². The van der Waals surface area contributed by atoms with Gasteiger partial charge in [0.05, 0.1) is 22.6 Å². The first-order valence-corrected chi connectivity index (χ1v) is 9.73. The maximum Gasteiger partial charge on any atom is 0.262 e. The van der Waals surface area contributed by atoms with Crippen molar-refractivity contribution < 1.29 is 8.42 Å². The van der Waals surface area contributed by atoms with E-state index in [9.17, 15) is 13.2 Å². The fraction of sp³-hybridized carbons (Fsp3) is 0.158. The van der Waals surface area contributed by atoms with Crippen LogP contribution in [0.2, 0.25) is 0 Å². The third-order valence-corrected chi connectivity index (χ3v) is 5.13. The molecule has 0 aliphatic heterocycles. The summed E-state index contributed by atoms with van der Waals surface area (Å²) < 4.78 is 26.0. The summed E-state index contributed by atoms with van der Waals surface area (Å²) in [6, 6.07) is 13.5. The number of benzene rings is 2. The molecule has 7 nitrogen and oxygen atoms in total. The van der Waals surface area contributed by atoms with Gasteiger partial charge in [0.1, 0.15) is 0 Å². The fourth-order valence-corrected chi connectivity index (χ4v) is 3.76. The van der Waals surface area contributed by atoms with Crippen LogP contribution in [0.3, 0.4) is 0 Å². The molecule has 0 unspecified atom stereocenters. The van der Waals surface area contributed by atoms with Crippen LogP contribution in [0, 0.1) is 0 Å². The Morgan fingerprint density at radius 1 is 1.15 bits per heavy atom. The minimum atomic E-state index is -2.67. The Hall–Kier alpha value is -2.97. The molecule has 0 atom stereocenters. The number of nitrogens with one attached hydrogen (secondary N) is 2. The summed E-state index contributed by atoms with van der Waals surface area (Å²) in [6.07, 6.45) is 1.56. The van der Waals surface area contributed by atoms with Crippen LogP contribution < -0.4 is 10.3 Å². The van der Waals surface area contributed by atoms with Gasteiger partial charge < -0.3 is 4.57 Å². The van der Waals surface area contributed by atoms with Crippen LogP contribution in [-0.2, 0) is 24.0 Å². The maximum atomic E-state index is 12.8. The summed E-state index contributed by atoms with van der Waals surface area (Å²) in [5, 5.41) is 8.43. The molecule has 138 valence electrons. The first kappa shape index (κ1) is 17.4. The van der Waals surface area contributed by atoms with Crippen molar-refractivity contribution in [3.8, 4) is 11.1 Å². The molecule has 2 N–H and O–H groups in total. The summed E-state index contributed by atoms with van der Waals surface area (Å²) in [4.78, 5) is 12.8. The van der Waals surface area contributed by atoms with E-state index in [0.717, 1.165) is 33.1 Å². The van der Waals surface area contributed by atoms with Gasteiger partial charge in [-0.3, -0.25) is 9.89 Å². The third-order valence-electron chi connectivity index (χ3n) is 4.72. The number of fused-ring (bicyclic) bond motifs is 3. The normalized spacial score (nSPS) is 11.6. The lowest BCUT2D eigenvalue weighted by atomic mass is 9.98. The van der Waals surface area contributed by atoms with Gasteiger partial charge >= 0.3 is 0 Å². The molecule has 4 aromatic rings. The summed E-state index contributed by atoms with van der Waals surface area (Å²) in [5.41, 5.74) is 4.16. The third kappa shape index (κ3) is 3.02. The smallest absolute Gasteiger partial charge is 0.262 e. The predicted molar refractivity (Wildman–Crippen MR) is 106 cm³/mol. The van der Waals surface area contributed by atoms with E-state index in [0.29, 0.717) is 11.9 Å². The Labute approximate surface area is 156 Å². The van der Waals surface area contributed by atoms with Crippen molar-refractivity contribution in [1.29, 1.82) is 0 Å². The van der Waals surface area contributed by atoms with E-state index in [2.05, 4.69) is 14.9 Å². The molecule has 2 heterocycles. The molecule has 0 aliphatic carbocycles. The molecule has 2 aromatic heterocycles. The molecule has 0 fully saturated rings. The average molecular weight is 382 g/mol. The lowest BCUT2D eigenvalue weighted by Crippen LogP contribution is -2.19. The topological polar surface area (TPSA) is 96.8 Å². The van der Waals surface area contributed by atoms with Gasteiger partial charge in [-0.15, -0.1) is 0 Å². The zero-order valence-corrected chi connectivity index (χ0v) is 15.5. The van der Waals surface area contributed by atoms with Gasteiger partial charge in [0, 0.05) is 18.5 Å². The highest BCUT2D eigenvalue weighted by Crippen LogP contribution is 2.29. The van der Waals surface area contributed by atoms with E-state index in [1.54, 1.807) is 10.8 Å². The summed E-state index contributed by atoms with van der Waals surface area (Å²) in [5.74, 6) is 0. The number of rotatable bonds is 5. The second kappa shape index (κ2) is 6.98. The van der Waals surface area contributed by atoms with Gasteiger partial charge in [0.25, 0.3) is 5.56 Å². The maximum absolute atomic E-state index is 12.8. The monoisotopic (exact) mass is 382 g/mol. The number of hydrogen-bond acceptors (Lipinski definition) is 4. The standard InChI is InChI=1S/C19H18N4O3S/c1-2-23-17-9-12(14-6-4-3-5-13(14)10-21-27(25)26)7-8-15(17)18-16(19(23)24)11-20-22-18/h3-9,11,27H,2,10H2,1H3,(H,20,22)(H,21,25,26). The molecule has 0 bridgehead atoms. The molecule has 0 saturated carbocycles. The number of thiol groups is 1. The Morgan fingerprint density at radius 3 is 2.74 bits per heavy atom. The molecule has 0 spiro atoms. The van der Waals surface area contributed by atoms with Crippen molar-refractivity contribution in [2.75, 3.05) is 0 Å². The van der Waals surface area contributed by atoms with Crippen LogP contribution in [0.25, 0.3) is 32.9 Å². The molecule has 0 amide bonds. The first-order chi connectivity index (χ1) is 13.1. The summed E-state index contributed by atoms with van der Waals surface area (Å²) >= 11 is 0. The molecule has 4 rings (SSSR count). The van der Waals surface area contributed by atoms with Gasteiger partial charge in [-0.2, -0.15) is 5.10 Å². The highest BCUT2D eigenvalue weighted by Gasteiger charge is 2.13. The number of pyridine rings is 1. The van der Waals surface area contributed by atoms with Crippen LogP contribution >= 0.6 is 0 Å². The second-order valence-corrected chi connectivity index (χ2v) is 7.02. The zero-order chi connectivity index (χ0) is 19.0. The number of H-pyrrole nitrogens is 1. The van der Waals surface area contributed by atoms with Crippen LogP contribution in [0.4, 0.5) is 0 Å². The lowest BCUT2D eigenvalue weighted by molar-refractivity contribution is 0.601. The van der Waals surface area contributed by atoms with Crippen molar-refractivity contribution in [3.63, 3.8) is 0 Å². The molecule has 0 saturated heterocycles. The minimum Gasteiger partial charge on any atom is -0.308 e. The largest absolute Gasteiger partial charge is 0.308 e. The molecular weight excluding hydrogens is 364 g/mol. The van der Waals surface area contributed by atoms with Crippen molar-refractivity contribution in [1.82, 2.24) is 19.5 Å². The van der Waals surface area contributed by atoms with Crippen LogP contribution in [-0.4, -0.2) is 23.2 Å². The van der Waals surface area contributed by atoms with Crippen LogP contribution in [0.5, 0.6) is 0 Å². The summed E-state index contributed by atoms with van der Waals surface area (Å²) in [6.45, 7) is 2.69. The molecule has 0 aliphatic rings. The number of hydrogen-bond donors (Lipinski definition) is 3. The van der Waals surface area contributed by atoms with E-state index in [-0.39, 0.29) is 12.1 Å². The second-order valence-electron chi connectivity index (χ2n) is 6.19. The Kier molecular flexibility index (Phi) is 4.51. The summed E-state index contributed by atoms with van der Waals surface area (Å²) in [7, 11) is -2.67. The Bertz CT molecular complexity index is 1280. The highest BCUT2D eigenvalue weighted by molar-refractivity contribution is 7.70. The highest BCUT2D eigenvalue weighted by atomic mass is 32.2. The molecule has 27 heavy (non-hydrogen) atoms. The number of nitrogens with zero attached hydrogens (tertiary/aromatic N) is 2. The fourth-order valence-electron chi connectivity index (χ4n) is 3.46. The van der Waals surface area contributed by atoms with Gasteiger partial charge in [0.15, 0.2) is 0 Å². The predicted octanol–water partition coefficient (Wildman–Crippen LogP) is 2.18. The van der Waals surface area contributed by atoms with E-state index in [1.165, 1.54) is 0 Å². The van der Waals surface area contributed by atoms with Gasteiger partial charge in [-0.1, -0.05) is 36.4 Å². The van der Waals surface area contributed by atoms with E-state index < -0.39 is 10.9 Å². The first-order valence-electron chi connectivity index (χ1n) is 8.56. The zero-order valence-electron chi connectivity index (χ0n) is 14.6. The van der Waals surface area contributed by atoms with Crippen LogP contribution in [0.15, 0.2) is 53.5 Å². The molecule has 8 heteroatoms. The van der Waals surface area contributed by atoms with Gasteiger partial charge in [-0.05, 0) is 29.7 Å². The number of aromatic nitrogens is 3. The van der Waals surface area contributed by atoms with Gasteiger partial charge in [-0.25, -0.2) is 13.1 Å². The van der Waals surface area contributed by atoms with Gasteiger partial charge in [0.2, 0.25) is 10.9 Å². The van der Waals surface area contributed by atoms with E-state index in [4.69, 9.17) is 0 Å². The molecule has 2 aromatic carbocycles. The average Bonchev–Trinajstić information content (AvgIpc) is 3.17.